The summed E-state index contributed by atoms with van der Waals surface area (Å²) in [5.74, 6) is 0.572. The molecule has 6 aromatic rings. The highest BCUT2D eigenvalue weighted by molar-refractivity contribution is 5.93. The number of hydrogen-bond donors (Lipinski definition) is 2. The Labute approximate surface area is 336 Å². The quantitative estimate of drug-likeness (QED) is 0.166. The molecule has 14 nitrogen and oxygen atoms in total. The maximum atomic E-state index is 11.9. The largest absolute Gasteiger partial charge is 0.481 e. The molecular formula is C44H48N8O6. The Kier molecular flexibility index (Phi) is 10.8. The monoisotopic (exact) mass is 784 g/mol. The van der Waals surface area contributed by atoms with Crippen molar-refractivity contribution in [2.45, 2.75) is 77.3 Å². The first-order valence-electron chi connectivity index (χ1n) is 19.1. The van der Waals surface area contributed by atoms with Crippen molar-refractivity contribution in [2.24, 2.45) is 11.5 Å². The number of carbonyl (C=O) groups excluding carboxylic acids is 2. The van der Waals surface area contributed by atoms with Crippen molar-refractivity contribution in [3.63, 3.8) is 0 Å². The number of esters is 2. The number of ether oxygens (including phenoxy) is 4. The van der Waals surface area contributed by atoms with Gasteiger partial charge in [-0.2, -0.15) is 0 Å². The highest BCUT2D eigenvalue weighted by Gasteiger charge is 2.28. The summed E-state index contributed by atoms with van der Waals surface area (Å²) in [6, 6.07) is 11.3. The van der Waals surface area contributed by atoms with Crippen LogP contribution in [0.5, 0.6) is 11.8 Å². The van der Waals surface area contributed by atoms with Gasteiger partial charge < -0.3 is 30.4 Å². The first-order chi connectivity index (χ1) is 27.5. The topological polar surface area (TPSA) is 200 Å². The lowest BCUT2D eigenvalue weighted by atomic mass is 9.92. The summed E-state index contributed by atoms with van der Waals surface area (Å²) < 4.78 is 21.1. The van der Waals surface area contributed by atoms with Crippen molar-refractivity contribution in [1.29, 1.82) is 0 Å². The molecule has 0 radical (unpaired) electrons. The van der Waals surface area contributed by atoms with E-state index in [0.717, 1.165) is 66.8 Å². The zero-order valence-electron chi connectivity index (χ0n) is 34.0. The smallest absolute Gasteiger partial charge is 0.340 e. The normalized spacial score (nSPS) is 16.4. The summed E-state index contributed by atoms with van der Waals surface area (Å²) in [6.07, 6.45) is 8.14. The van der Waals surface area contributed by atoms with Crippen LogP contribution >= 0.6 is 0 Å². The molecule has 2 aliphatic heterocycles. The molecule has 58 heavy (non-hydrogen) atoms. The van der Waals surface area contributed by atoms with E-state index in [1.165, 1.54) is 0 Å². The number of nitrogens with two attached hydrogens (primary N) is 2. The van der Waals surface area contributed by atoms with Gasteiger partial charge in [-0.15, -0.1) is 0 Å². The van der Waals surface area contributed by atoms with E-state index < -0.39 is 11.1 Å². The fourth-order valence-electron chi connectivity index (χ4n) is 7.27. The molecule has 8 heterocycles. The Morgan fingerprint density at radius 3 is 1.36 bits per heavy atom. The summed E-state index contributed by atoms with van der Waals surface area (Å²) in [5, 5.41) is 3.57. The van der Waals surface area contributed by atoms with Crippen molar-refractivity contribution in [1.82, 2.24) is 29.9 Å². The van der Waals surface area contributed by atoms with Crippen LogP contribution in [0.2, 0.25) is 0 Å². The van der Waals surface area contributed by atoms with Crippen molar-refractivity contribution in [3.05, 3.63) is 118 Å². The Bertz CT molecular complexity index is 2390. The predicted octanol–water partition coefficient (Wildman–Crippen LogP) is 6.18. The summed E-state index contributed by atoms with van der Waals surface area (Å²) in [7, 11) is 3.18. The van der Waals surface area contributed by atoms with Crippen LogP contribution in [0, 0.1) is 0 Å². The molecule has 0 bridgehead atoms. The highest BCUT2D eigenvalue weighted by atomic mass is 16.5. The standard InChI is InChI=1S/2C22H24N4O3/c2*1-12-11-29-21(27)15-6-5-13(26-19(12)15)7-14-8-16-17(9-24-14)20(28-4)25-10-18(16)22(2,3)23/h2*5-6,8-10,12H,7,11,23H2,1-4H3/t2*12-/m10/s1. The number of carbonyl (C=O) groups is 2. The van der Waals surface area contributed by atoms with Gasteiger partial charge in [0, 0.05) is 83.3 Å². The van der Waals surface area contributed by atoms with Gasteiger partial charge in [-0.25, -0.2) is 19.6 Å². The van der Waals surface area contributed by atoms with Crippen LogP contribution in [0.4, 0.5) is 0 Å². The van der Waals surface area contributed by atoms with Crippen LogP contribution < -0.4 is 20.9 Å². The van der Waals surface area contributed by atoms with Crippen LogP contribution in [0.15, 0.2) is 61.2 Å². The van der Waals surface area contributed by atoms with Gasteiger partial charge >= 0.3 is 11.9 Å². The van der Waals surface area contributed by atoms with Gasteiger partial charge in [0.2, 0.25) is 11.8 Å². The third-order valence-corrected chi connectivity index (χ3v) is 10.4. The SMILES string of the molecule is COc1ncc(C(C)(C)N)c2cc(Cc3ccc4c(n3)[C@@H](C)COC4=O)ncc12.COc1ncc(C(C)(C)N)c2cc(Cc3ccc4c(n3)[C@H](C)COC4=O)ncc12. The number of nitrogens with zero attached hydrogens (tertiary/aromatic N) is 6. The summed E-state index contributed by atoms with van der Waals surface area (Å²) in [4.78, 5) is 51.2. The summed E-state index contributed by atoms with van der Waals surface area (Å²) in [6.45, 7) is 12.5. The Morgan fingerprint density at radius 1 is 0.603 bits per heavy atom. The number of cyclic esters (lactones) is 2. The Hall–Kier alpha value is -6.12. The zero-order valence-corrected chi connectivity index (χ0v) is 34.0. The van der Waals surface area contributed by atoms with Crippen LogP contribution in [0.3, 0.4) is 0 Å². The molecule has 0 unspecified atom stereocenters. The fourth-order valence-corrected chi connectivity index (χ4v) is 7.27. The van der Waals surface area contributed by atoms with Gasteiger partial charge in [-0.3, -0.25) is 19.9 Å². The molecule has 0 aliphatic carbocycles. The van der Waals surface area contributed by atoms with Crippen LogP contribution in [0.25, 0.3) is 21.5 Å². The molecule has 0 saturated carbocycles. The van der Waals surface area contributed by atoms with Gasteiger partial charge in [-0.1, -0.05) is 13.8 Å². The van der Waals surface area contributed by atoms with E-state index in [-0.39, 0.29) is 23.8 Å². The van der Waals surface area contributed by atoms with E-state index in [2.05, 4.69) is 19.9 Å². The minimum Gasteiger partial charge on any atom is -0.481 e. The van der Waals surface area contributed by atoms with Crippen LogP contribution in [-0.4, -0.2) is 69.3 Å². The first-order valence-corrected chi connectivity index (χ1v) is 19.1. The van der Waals surface area contributed by atoms with Crippen molar-refractivity contribution in [2.75, 3.05) is 27.4 Å². The summed E-state index contributed by atoms with van der Waals surface area (Å²) >= 11 is 0. The average molecular weight is 785 g/mol. The number of pyridine rings is 6. The number of fused-ring (bicyclic) bond motifs is 4. The predicted molar refractivity (Wildman–Crippen MR) is 218 cm³/mol. The van der Waals surface area contributed by atoms with Gasteiger partial charge in [-0.05, 0) is 86.0 Å². The lowest BCUT2D eigenvalue weighted by molar-refractivity contribution is 0.0435. The molecule has 0 fully saturated rings. The van der Waals surface area contributed by atoms with E-state index in [1.807, 2.05) is 65.8 Å². The van der Waals surface area contributed by atoms with Gasteiger partial charge in [0.25, 0.3) is 0 Å². The van der Waals surface area contributed by atoms with E-state index in [1.54, 1.807) is 51.1 Å². The molecule has 300 valence electrons. The zero-order chi connectivity index (χ0) is 41.5. The second-order valence-electron chi connectivity index (χ2n) is 16.1. The number of hydrogen-bond acceptors (Lipinski definition) is 14. The molecule has 4 N–H and O–H groups in total. The molecule has 0 amide bonds. The average Bonchev–Trinajstić information content (AvgIpc) is 3.19. The van der Waals surface area contributed by atoms with Crippen molar-refractivity contribution in [3.8, 4) is 11.8 Å². The third-order valence-electron chi connectivity index (χ3n) is 10.4. The minimum atomic E-state index is -0.560. The van der Waals surface area contributed by atoms with E-state index >= 15 is 0 Å². The molecule has 0 spiro atoms. The van der Waals surface area contributed by atoms with E-state index in [0.29, 0.717) is 48.9 Å². The van der Waals surface area contributed by atoms with Crippen molar-refractivity contribution < 1.29 is 28.5 Å². The summed E-state index contributed by atoms with van der Waals surface area (Å²) in [5.41, 5.74) is 19.5. The maximum absolute atomic E-state index is 11.9. The lowest BCUT2D eigenvalue weighted by Crippen LogP contribution is -2.29. The van der Waals surface area contributed by atoms with E-state index in [9.17, 15) is 9.59 Å². The van der Waals surface area contributed by atoms with E-state index in [4.69, 9.17) is 40.4 Å². The number of aromatic nitrogens is 6. The van der Waals surface area contributed by atoms with Crippen LogP contribution in [-0.2, 0) is 33.4 Å². The second kappa shape index (κ2) is 15.7. The van der Waals surface area contributed by atoms with Crippen LogP contribution in [0.1, 0.15) is 119 Å². The van der Waals surface area contributed by atoms with Gasteiger partial charge in [0.05, 0.1) is 60.7 Å². The molecule has 14 heteroatoms. The minimum absolute atomic E-state index is 0.0761. The molecule has 0 aromatic carbocycles. The molecule has 2 atom stereocenters. The van der Waals surface area contributed by atoms with Gasteiger partial charge in [0.1, 0.15) is 0 Å². The molecule has 8 rings (SSSR count). The second-order valence-corrected chi connectivity index (χ2v) is 16.1. The number of rotatable bonds is 8. The molecular weight excluding hydrogens is 737 g/mol. The van der Waals surface area contributed by atoms with Crippen molar-refractivity contribution >= 4 is 33.5 Å². The fraction of sp³-hybridized carbons (Fsp3) is 0.364. The maximum Gasteiger partial charge on any atom is 0.340 e. The highest BCUT2D eigenvalue weighted by Crippen LogP contribution is 2.34. The molecule has 0 saturated heterocycles. The first kappa shape index (κ1) is 40.1. The Balaban J connectivity index is 0.000000177. The third kappa shape index (κ3) is 8.02. The Morgan fingerprint density at radius 2 is 1.00 bits per heavy atom. The van der Waals surface area contributed by atoms with Gasteiger partial charge in [0.15, 0.2) is 0 Å². The molecule has 6 aromatic heterocycles. The molecule has 2 aliphatic rings. The number of methoxy groups -OCH3 is 2. The lowest BCUT2D eigenvalue weighted by Gasteiger charge is -2.22.